The van der Waals surface area contributed by atoms with Crippen LogP contribution in [-0.4, -0.2) is 26.4 Å². The molecule has 0 fully saturated rings. The van der Waals surface area contributed by atoms with Gasteiger partial charge in [0.25, 0.3) is 15.9 Å². The Labute approximate surface area is 162 Å². The minimum atomic E-state index is -3.78. The lowest BCUT2D eigenvalue weighted by Crippen LogP contribution is -2.17. The maximum absolute atomic E-state index is 12.5. The van der Waals surface area contributed by atoms with E-state index in [-0.39, 0.29) is 21.6 Å². The van der Waals surface area contributed by atoms with Gasteiger partial charge < -0.3 is 5.32 Å². The summed E-state index contributed by atoms with van der Waals surface area (Å²) in [6.45, 7) is 0. The van der Waals surface area contributed by atoms with Crippen LogP contribution in [0.4, 0.5) is 5.69 Å². The van der Waals surface area contributed by atoms with E-state index in [9.17, 15) is 13.2 Å². The quantitative estimate of drug-likeness (QED) is 0.640. The van der Waals surface area contributed by atoms with E-state index in [2.05, 4.69) is 15.0 Å². The highest BCUT2D eigenvalue weighted by Crippen LogP contribution is 2.28. The van der Waals surface area contributed by atoms with E-state index in [1.165, 1.54) is 18.3 Å². The molecular weight excluding hydrogens is 386 g/mol. The first-order valence-corrected chi connectivity index (χ1v) is 9.83. The third kappa shape index (κ3) is 4.27. The van der Waals surface area contributed by atoms with Gasteiger partial charge in [-0.1, -0.05) is 41.9 Å². The van der Waals surface area contributed by atoms with E-state index in [4.69, 9.17) is 11.6 Å². The van der Waals surface area contributed by atoms with Crippen molar-refractivity contribution < 1.29 is 13.2 Å². The Bertz CT molecular complexity index is 1070. The molecule has 0 saturated heterocycles. The third-order valence-electron chi connectivity index (χ3n) is 3.84. The van der Waals surface area contributed by atoms with Crippen LogP contribution >= 0.6 is 11.6 Å². The number of benzene rings is 2. The first-order chi connectivity index (χ1) is 12.9. The van der Waals surface area contributed by atoms with Crippen LogP contribution in [0.2, 0.25) is 5.15 Å². The summed E-state index contributed by atoms with van der Waals surface area (Å²) in [5, 5.41) is 2.59. The summed E-state index contributed by atoms with van der Waals surface area (Å²) in [5.41, 5.74) is 2.13. The summed E-state index contributed by atoms with van der Waals surface area (Å²) in [5.74, 6) is -0.188. The fourth-order valence-electron chi connectivity index (χ4n) is 2.44. The first kappa shape index (κ1) is 18.9. The molecule has 0 bridgehead atoms. The van der Waals surface area contributed by atoms with Crippen LogP contribution in [0, 0.1) is 0 Å². The number of hydrogen-bond acceptors (Lipinski definition) is 4. The zero-order valence-electron chi connectivity index (χ0n) is 14.3. The van der Waals surface area contributed by atoms with Crippen molar-refractivity contribution in [3.63, 3.8) is 0 Å². The second-order valence-electron chi connectivity index (χ2n) is 5.64. The SMILES string of the molecule is CNC(=O)c1ccc(-c2cnc(Cl)c(NS(=O)(=O)c3ccccc3)c2)cc1. The normalized spacial score (nSPS) is 11.0. The van der Waals surface area contributed by atoms with Crippen LogP contribution < -0.4 is 10.0 Å². The summed E-state index contributed by atoms with van der Waals surface area (Å²) in [7, 11) is -2.22. The number of rotatable bonds is 5. The predicted octanol–water partition coefficient (Wildman–Crippen LogP) is 3.56. The van der Waals surface area contributed by atoms with Gasteiger partial charge in [0.15, 0.2) is 5.15 Å². The summed E-state index contributed by atoms with van der Waals surface area (Å²) >= 11 is 6.07. The molecule has 0 unspecified atom stereocenters. The lowest BCUT2D eigenvalue weighted by molar-refractivity contribution is 0.0963. The van der Waals surface area contributed by atoms with Crippen molar-refractivity contribution in [2.45, 2.75) is 4.90 Å². The lowest BCUT2D eigenvalue weighted by atomic mass is 10.1. The van der Waals surface area contributed by atoms with Crippen molar-refractivity contribution in [1.29, 1.82) is 0 Å². The second-order valence-corrected chi connectivity index (χ2v) is 7.68. The third-order valence-corrected chi connectivity index (χ3v) is 5.53. The summed E-state index contributed by atoms with van der Waals surface area (Å²) in [6.07, 6.45) is 1.54. The molecule has 0 aliphatic heterocycles. The number of halogens is 1. The number of anilines is 1. The van der Waals surface area contributed by atoms with Gasteiger partial charge in [-0.3, -0.25) is 9.52 Å². The predicted molar refractivity (Wildman–Crippen MR) is 105 cm³/mol. The van der Waals surface area contributed by atoms with E-state index >= 15 is 0 Å². The Balaban J connectivity index is 1.92. The number of aromatic nitrogens is 1. The zero-order valence-corrected chi connectivity index (χ0v) is 15.9. The van der Waals surface area contributed by atoms with Gasteiger partial charge in [0.2, 0.25) is 0 Å². The molecule has 27 heavy (non-hydrogen) atoms. The number of carbonyl (C=O) groups is 1. The van der Waals surface area contributed by atoms with Crippen LogP contribution in [0.15, 0.2) is 71.8 Å². The Morgan fingerprint density at radius 1 is 1.00 bits per heavy atom. The van der Waals surface area contributed by atoms with Gasteiger partial charge >= 0.3 is 0 Å². The number of pyridine rings is 1. The standard InChI is InChI=1S/C19H16ClN3O3S/c1-21-19(24)14-9-7-13(8-10-14)15-11-17(18(20)22-12-15)23-27(25,26)16-5-3-2-4-6-16/h2-12,23H,1H3,(H,21,24). The van der Waals surface area contributed by atoms with Crippen molar-refractivity contribution in [3.8, 4) is 11.1 Å². The molecular formula is C19H16ClN3O3S. The number of carbonyl (C=O) groups excluding carboxylic acids is 1. The first-order valence-electron chi connectivity index (χ1n) is 7.96. The van der Waals surface area contributed by atoms with E-state index in [0.29, 0.717) is 11.1 Å². The van der Waals surface area contributed by atoms with Crippen LogP contribution in [0.1, 0.15) is 10.4 Å². The van der Waals surface area contributed by atoms with Gasteiger partial charge in [-0.05, 0) is 35.9 Å². The molecule has 1 amide bonds. The molecule has 1 heterocycles. The van der Waals surface area contributed by atoms with Crippen molar-refractivity contribution in [2.75, 3.05) is 11.8 Å². The van der Waals surface area contributed by atoms with E-state index in [1.807, 2.05) is 0 Å². The fourth-order valence-corrected chi connectivity index (χ4v) is 3.72. The number of nitrogens with zero attached hydrogens (tertiary/aromatic N) is 1. The minimum Gasteiger partial charge on any atom is -0.355 e. The topological polar surface area (TPSA) is 88.2 Å². The number of nitrogens with one attached hydrogen (secondary N) is 2. The molecule has 0 spiro atoms. The molecule has 2 N–H and O–H groups in total. The molecule has 0 atom stereocenters. The van der Waals surface area contributed by atoms with E-state index in [1.54, 1.807) is 55.6 Å². The molecule has 2 aromatic carbocycles. The average molecular weight is 402 g/mol. The molecule has 0 aliphatic rings. The van der Waals surface area contributed by atoms with Gasteiger partial charge in [-0.15, -0.1) is 0 Å². The maximum Gasteiger partial charge on any atom is 0.261 e. The summed E-state index contributed by atoms with van der Waals surface area (Å²) < 4.78 is 27.5. The largest absolute Gasteiger partial charge is 0.355 e. The van der Waals surface area contributed by atoms with Crippen LogP contribution in [0.3, 0.4) is 0 Å². The smallest absolute Gasteiger partial charge is 0.261 e. The van der Waals surface area contributed by atoms with Gasteiger partial charge in [0.05, 0.1) is 10.6 Å². The highest BCUT2D eigenvalue weighted by atomic mass is 35.5. The Morgan fingerprint density at radius 2 is 1.67 bits per heavy atom. The number of sulfonamides is 1. The van der Waals surface area contributed by atoms with Crippen LogP contribution in [0.5, 0.6) is 0 Å². The van der Waals surface area contributed by atoms with Crippen molar-refractivity contribution in [3.05, 3.63) is 77.6 Å². The van der Waals surface area contributed by atoms with Crippen molar-refractivity contribution in [1.82, 2.24) is 10.3 Å². The molecule has 6 nitrogen and oxygen atoms in total. The van der Waals surface area contributed by atoms with E-state index in [0.717, 1.165) is 5.56 Å². The molecule has 1 aromatic heterocycles. The lowest BCUT2D eigenvalue weighted by Gasteiger charge is -2.11. The Hall–Kier alpha value is -2.90. The molecule has 3 rings (SSSR count). The fraction of sp³-hybridized carbons (Fsp3) is 0.0526. The zero-order chi connectivity index (χ0) is 19.4. The Kier molecular flexibility index (Phi) is 5.43. The number of amides is 1. The molecule has 0 saturated carbocycles. The number of hydrogen-bond donors (Lipinski definition) is 2. The summed E-state index contributed by atoms with van der Waals surface area (Å²) in [6, 6.07) is 16.5. The monoisotopic (exact) mass is 401 g/mol. The molecule has 0 aliphatic carbocycles. The van der Waals surface area contributed by atoms with Gasteiger partial charge in [0.1, 0.15) is 0 Å². The van der Waals surface area contributed by atoms with Gasteiger partial charge in [0, 0.05) is 24.4 Å². The average Bonchev–Trinajstić information content (AvgIpc) is 2.70. The maximum atomic E-state index is 12.5. The van der Waals surface area contributed by atoms with E-state index < -0.39 is 10.0 Å². The second kappa shape index (κ2) is 7.77. The molecule has 8 heteroatoms. The van der Waals surface area contributed by atoms with Crippen molar-refractivity contribution >= 4 is 33.2 Å². The highest BCUT2D eigenvalue weighted by Gasteiger charge is 2.16. The van der Waals surface area contributed by atoms with Crippen LogP contribution in [-0.2, 0) is 10.0 Å². The van der Waals surface area contributed by atoms with Crippen LogP contribution in [0.25, 0.3) is 11.1 Å². The molecule has 138 valence electrons. The van der Waals surface area contributed by atoms with Crippen molar-refractivity contribution in [2.24, 2.45) is 0 Å². The molecule has 3 aromatic rings. The summed E-state index contributed by atoms with van der Waals surface area (Å²) in [4.78, 5) is 15.8. The molecule has 0 radical (unpaired) electrons. The highest BCUT2D eigenvalue weighted by molar-refractivity contribution is 7.92. The minimum absolute atomic E-state index is 0.0419. The van der Waals surface area contributed by atoms with Gasteiger partial charge in [-0.25, -0.2) is 13.4 Å². The Morgan fingerprint density at radius 3 is 2.30 bits per heavy atom. The van der Waals surface area contributed by atoms with Gasteiger partial charge in [-0.2, -0.15) is 0 Å².